The fourth-order valence-corrected chi connectivity index (χ4v) is 4.12. The van der Waals surface area contributed by atoms with E-state index < -0.39 is 0 Å². The number of rotatable bonds is 5. The largest absolute Gasteiger partial charge is 0.368 e. The van der Waals surface area contributed by atoms with E-state index in [4.69, 9.17) is 0 Å². The van der Waals surface area contributed by atoms with E-state index in [0.717, 1.165) is 18.8 Å². The maximum absolute atomic E-state index is 12.9. The van der Waals surface area contributed by atoms with Crippen molar-refractivity contribution in [3.63, 3.8) is 0 Å². The fraction of sp³-hybridized carbons (Fsp3) is 0.417. The Morgan fingerprint density at radius 3 is 2.13 bits per heavy atom. The van der Waals surface area contributed by atoms with E-state index >= 15 is 0 Å². The second kappa shape index (κ2) is 8.78. The Morgan fingerprint density at radius 1 is 0.833 bits per heavy atom. The Labute approximate surface area is 178 Å². The lowest BCUT2D eigenvalue weighted by Crippen LogP contribution is -2.51. The Balaban J connectivity index is 1.30. The summed E-state index contributed by atoms with van der Waals surface area (Å²) in [7, 11) is 0. The lowest BCUT2D eigenvalue weighted by atomic mass is 10.0. The number of carbonyl (C=O) groups excluding carboxylic acids is 2. The van der Waals surface area contributed by atoms with Gasteiger partial charge in [-0.3, -0.25) is 9.69 Å². The summed E-state index contributed by atoms with van der Waals surface area (Å²) in [6, 6.07) is 18.4. The van der Waals surface area contributed by atoms with Gasteiger partial charge in [-0.05, 0) is 35.7 Å². The van der Waals surface area contributed by atoms with Crippen LogP contribution in [0, 0.1) is 0 Å². The normalized spacial score (nSPS) is 17.2. The molecular weight excluding hydrogens is 376 g/mol. The average Bonchev–Trinajstić information content (AvgIpc) is 3.14. The lowest BCUT2D eigenvalue weighted by Gasteiger charge is -2.36. The number of hydrogen-bond acceptors (Lipinski definition) is 3. The van der Waals surface area contributed by atoms with Crippen molar-refractivity contribution in [3.8, 4) is 0 Å². The predicted molar refractivity (Wildman–Crippen MR) is 120 cm³/mol. The number of hydrogen-bond donors (Lipinski definition) is 0. The van der Waals surface area contributed by atoms with Gasteiger partial charge in [0.15, 0.2) is 0 Å². The molecule has 2 aromatic carbocycles. The minimum absolute atomic E-state index is 0.0352. The van der Waals surface area contributed by atoms with Gasteiger partial charge in [-0.1, -0.05) is 44.2 Å². The predicted octanol–water partition coefficient (Wildman–Crippen LogP) is 3.40. The van der Waals surface area contributed by atoms with Crippen LogP contribution in [-0.4, -0.2) is 67.6 Å². The topological polar surface area (TPSA) is 47.1 Å². The number of para-hydroxylation sites is 1. The number of anilines is 2. The van der Waals surface area contributed by atoms with Crippen molar-refractivity contribution in [2.75, 3.05) is 55.6 Å². The summed E-state index contributed by atoms with van der Waals surface area (Å²) in [6.45, 7) is 8.69. The van der Waals surface area contributed by atoms with Gasteiger partial charge in [-0.2, -0.15) is 0 Å². The molecule has 2 aliphatic heterocycles. The monoisotopic (exact) mass is 406 g/mol. The Morgan fingerprint density at radius 2 is 1.50 bits per heavy atom. The van der Waals surface area contributed by atoms with Crippen LogP contribution in [-0.2, 0) is 4.79 Å². The number of benzene rings is 2. The summed E-state index contributed by atoms with van der Waals surface area (Å²) in [5, 5.41) is 0. The summed E-state index contributed by atoms with van der Waals surface area (Å²) >= 11 is 0. The van der Waals surface area contributed by atoms with Crippen molar-refractivity contribution in [1.82, 2.24) is 9.80 Å². The molecule has 0 aromatic heterocycles. The summed E-state index contributed by atoms with van der Waals surface area (Å²) in [5.41, 5.74) is 3.35. The van der Waals surface area contributed by atoms with Crippen molar-refractivity contribution >= 4 is 23.3 Å². The minimum Gasteiger partial charge on any atom is -0.368 e. The van der Waals surface area contributed by atoms with E-state index in [1.807, 2.05) is 35.2 Å². The second-order valence-electron chi connectivity index (χ2n) is 8.31. The number of nitrogens with zero attached hydrogens (tertiary/aromatic N) is 4. The molecule has 0 unspecified atom stereocenters. The molecule has 0 atom stereocenters. The maximum Gasteiger partial charge on any atom is 0.325 e. The van der Waals surface area contributed by atoms with Crippen molar-refractivity contribution < 1.29 is 9.59 Å². The molecule has 6 heteroatoms. The van der Waals surface area contributed by atoms with Crippen LogP contribution in [0.5, 0.6) is 0 Å². The Hall–Kier alpha value is -3.02. The molecule has 2 heterocycles. The van der Waals surface area contributed by atoms with Crippen LogP contribution in [0.15, 0.2) is 54.6 Å². The van der Waals surface area contributed by atoms with Gasteiger partial charge in [0.05, 0.1) is 0 Å². The van der Waals surface area contributed by atoms with Gasteiger partial charge < -0.3 is 14.7 Å². The van der Waals surface area contributed by atoms with Crippen molar-refractivity contribution in [3.05, 3.63) is 60.2 Å². The molecule has 158 valence electrons. The van der Waals surface area contributed by atoms with Gasteiger partial charge in [0.25, 0.3) is 0 Å². The van der Waals surface area contributed by atoms with Gasteiger partial charge in [0, 0.05) is 50.6 Å². The van der Waals surface area contributed by atoms with Crippen LogP contribution in [0.2, 0.25) is 0 Å². The molecule has 0 radical (unpaired) electrons. The first-order chi connectivity index (χ1) is 14.5. The summed E-state index contributed by atoms with van der Waals surface area (Å²) < 4.78 is 0. The van der Waals surface area contributed by atoms with E-state index in [-0.39, 0.29) is 18.5 Å². The van der Waals surface area contributed by atoms with Crippen LogP contribution >= 0.6 is 0 Å². The number of piperazine rings is 1. The molecule has 4 rings (SSSR count). The third-order valence-corrected chi connectivity index (χ3v) is 6.05. The zero-order valence-corrected chi connectivity index (χ0v) is 17.8. The summed E-state index contributed by atoms with van der Waals surface area (Å²) in [6.07, 6.45) is 0. The molecule has 2 saturated heterocycles. The molecule has 0 bridgehead atoms. The van der Waals surface area contributed by atoms with Crippen molar-refractivity contribution in [2.24, 2.45) is 0 Å². The highest BCUT2D eigenvalue weighted by atomic mass is 16.2. The van der Waals surface area contributed by atoms with Crippen LogP contribution < -0.4 is 9.80 Å². The van der Waals surface area contributed by atoms with E-state index in [2.05, 4.69) is 43.0 Å². The van der Waals surface area contributed by atoms with E-state index in [0.29, 0.717) is 32.1 Å². The SMILES string of the molecule is CC(C)c1ccc(N2CCN(CC(=O)N3CCN(c4ccccc4)CC3)C2=O)cc1. The van der Waals surface area contributed by atoms with Crippen molar-refractivity contribution in [1.29, 1.82) is 0 Å². The highest BCUT2D eigenvalue weighted by Gasteiger charge is 2.32. The maximum atomic E-state index is 12.9. The number of amides is 3. The molecule has 2 aromatic rings. The second-order valence-corrected chi connectivity index (χ2v) is 8.31. The molecule has 0 spiro atoms. The van der Waals surface area contributed by atoms with Crippen LogP contribution in [0.3, 0.4) is 0 Å². The fourth-order valence-electron chi connectivity index (χ4n) is 4.12. The molecular formula is C24H30N4O2. The minimum atomic E-state index is -0.0800. The standard InChI is InChI=1S/C24H30N4O2/c1-19(2)20-8-10-22(11-9-20)28-17-16-27(24(28)30)18-23(29)26-14-12-25(13-15-26)21-6-4-3-5-7-21/h3-11,19H,12-18H2,1-2H3. The summed E-state index contributed by atoms with van der Waals surface area (Å²) in [5.74, 6) is 0.498. The Kier molecular flexibility index (Phi) is 5.93. The molecule has 2 fully saturated rings. The Bertz CT molecular complexity index is 874. The number of carbonyl (C=O) groups is 2. The smallest absolute Gasteiger partial charge is 0.325 e. The molecule has 0 saturated carbocycles. The average molecular weight is 407 g/mol. The molecule has 2 aliphatic rings. The lowest BCUT2D eigenvalue weighted by molar-refractivity contribution is -0.131. The van der Waals surface area contributed by atoms with Gasteiger partial charge >= 0.3 is 6.03 Å². The highest BCUT2D eigenvalue weighted by molar-refractivity contribution is 5.96. The van der Waals surface area contributed by atoms with E-state index in [1.165, 1.54) is 11.3 Å². The van der Waals surface area contributed by atoms with Crippen molar-refractivity contribution in [2.45, 2.75) is 19.8 Å². The van der Waals surface area contributed by atoms with Crippen LogP contribution in [0.25, 0.3) is 0 Å². The van der Waals surface area contributed by atoms with Crippen LogP contribution in [0.4, 0.5) is 16.2 Å². The van der Waals surface area contributed by atoms with Gasteiger partial charge in [-0.15, -0.1) is 0 Å². The first kappa shape index (κ1) is 20.3. The van der Waals surface area contributed by atoms with E-state index in [1.54, 1.807) is 9.80 Å². The first-order valence-corrected chi connectivity index (χ1v) is 10.8. The molecule has 6 nitrogen and oxygen atoms in total. The quantitative estimate of drug-likeness (QED) is 0.765. The highest BCUT2D eigenvalue weighted by Crippen LogP contribution is 2.24. The first-order valence-electron chi connectivity index (χ1n) is 10.8. The third kappa shape index (κ3) is 4.27. The molecule has 3 amide bonds. The zero-order valence-electron chi connectivity index (χ0n) is 17.8. The summed E-state index contributed by atoms with van der Waals surface area (Å²) in [4.78, 5) is 33.3. The van der Waals surface area contributed by atoms with Crippen LogP contribution in [0.1, 0.15) is 25.3 Å². The molecule has 0 aliphatic carbocycles. The van der Waals surface area contributed by atoms with Gasteiger partial charge in [0.1, 0.15) is 6.54 Å². The zero-order chi connectivity index (χ0) is 21.1. The number of urea groups is 1. The third-order valence-electron chi connectivity index (χ3n) is 6.05. The van der Waals surface area contributed by atoms with Gasteiger partial charge in [0.2, 0.25) is 5.91 Å². The van der Waals surface area contributed by atoms with E-state index in [9.17, 15) is 9.59 Å². The molecule has 0 N–H and O–H groups in total. The molecule has 30 heavy (non-hydrogen) atoms. The van der Waals surface area contributed by atoms with Gasteiger partial charge in [-0.25, -0.2) is 4.79 Å².